The first kappa shape index (κ1) is 16.9. The van der Waals surface area contributed by atoms with Gasteiger partial charge in [-0.2, -0.15) is 5.26 Å². The summed E-state index contributed by atoms with van der Waals surface area (Å²) in [7, 11) is 1.51. The van der Waals surface area contributed by atoms with Gasteiger partial charge in [0.2, 0.25) is 0 Å². The largest absolute Gasteiger partial charge is 0.495 e. The van der Waals surface area contributed by atoms with E-state index in [4.69, 9.17) is 10.5 Å². The Balaban J connectivity index is 2.17. The van der Waals surface area contributed by atoms with E-state index in [2.05, 4.69) is 10.6 Å². The van der Waals surface area contributed by atoms with Crippen LogP contribution in [0.5, 0.6) is 5.75 Å². The Morgan fingerprint density at radius 1 is 1.25 bits per heavy atom. The predicted molar refractivity (Wildman–Crippen MR) is 94.5 cm³/mol. The second kappa shape index (κ2) is 7.70. The van der Waals surface area contributed by atoms with Crippen molar-refractivity contribution in [1.82, 2.24) is 0 Å². The van der Waals surface area contributed by atoms with E-state index in [0.717, 1.165) is 5.56 Å². The number of nitrogens with zero attached hydrogens (tertiary/aromatic N) is 1. The van der Waals surface area contributed by atoms with Crippen molar-refractivity contribution in [3.8, 4) is 11.8 Å². The molecule has 122 valence electrons. The first-order chi connectivity index (χ1) is 11.5. The third kappa shape index (κ3) is 4.05. The Morgan fingerprint density at radius 3 is 2.71 bits per heavy atom. The molecule has 0 aliphatic heterocycles. The van der Waals surface area contributed by atoms with Crippen molar-refractivity contribution in [2.45, 2.75) is 6.92 Å². The SMILES string of the molecule is COc1ccccc1NC(=O)/C(C#N)=C\Nc1cc(C)ccc1N. The minimum atomic E-state index is -0.541. The number of nitriles is 1. The number of hydrogen-bond donors (Lipinski definition) is 3. The molecule has 0 unspecified atom stereocenters. The minimum Gasteiger partial charge on any atom is -0.495 e. The smallest absolute Gasteiger partial charge is 0.267 e. The van der Waals surface area contributed by atoms with Gasteiger partial charge in [-0.25, -0.2) is 0 Å². The molecule has 0 aliphatic rings. The van der Waals surface area contributed by atoms with Crippen LogP contribution in [0.1, 0.15) is 5.56 Å². The van der Waals surface area contributed by atoms with Gasteiger partial charge in [0.25, 0.3) is 5.91 Å². The van der Waals surface area contributed by atoms with Crippen LogP contribution in [-0.2, 0) is 4.79 Å². The van der Waals surface area contributed by atoms with Crippen LogP contribution in [0.3, 0.4) is 0 Å². The molecule has 24 heavy (non-hydrogen) atoms. The highest BCUT2D eigenvalue weighted by Crippen LogP contribution is 2.24. The molecule has 0 aliphatic carbocycles. The fourth-order valence-corrected chi connectivity index (χ4v) is 2.03. The molecule has 6 nitrogen and oxygen atoms in total. The summed E-state index contributed by atoms with van der Waals surface area (Å²) in [5, 5.41) is 14.8. The molecule has 4 N–H and O–H groups in total. The Labute approximate surface area is 140 Å². The molecule has 0 aromatic heterocycles. The van der Waals surface area contributed by atoms with E-state index in [1.54, 1.807) is 30.3 Å². The molecule has 2 aromatic rings. The molecule has 0 fully saturated rings. The predicted octanol–water partition coefficient (Wildman–Crippen LogP) is 3.04. The topological polar surface area (TPSA) is 100 Å². The summed E-state index contributed by atoms with van der Waals surface area (Å²) < 4.78 is 5.17. The van der Waals surface area contributed by atoms with Crippen molar-refractivity contribution < 1.29 is 9.53 Å². The zero-order chi connectivity index (χ0) is 17.5. The molecule has 0 heterocycles. The highest BCUT2D eigenvalue weighted by atomic mass is 16.5. The molecule has 0 atom stereocenters. The molecule has 1 amide bonds. The number of hydrogen-bond acceptors (Lipinski definition) is 5. The van der Waals surface area contributed by atoms with Crippen LogP contribution < -0.4 is 21.1 Å². The highest BCUT2D eigenvalue weighted by Gasteiger charge is 2.12. The maximum atomic E-state index is 12.3. The third-order valence-corrected chi connectivity index (χ3v) is 3.30. The lowest BCUT2D eigenvalue weighted by molar-refractivity contribution is -0.112. The lowest BCUT2D eigenvalue weighted by Crippen LogP contribution is -2.15. The minimum absolute atomic E-state index is 0.0817. The maximum Gasteiger partial charge on any atom is 0.267 e. The first-order valence-electron chi connectivity index (χ1n) is 7.22. The quantitative estimate of drug-likeness (QED) is 0.446. The van der Waals surface area contributed by atoms with E-state index in [9.17, 15) is 10.1 Å². The molecule has 0 saturated carbocycles. The van der Waals surface area contributed by atoms with E-state index < -0.39 is 5.91 Å². The van der Waals surface area contributed by atoms with Gasteiger partial charge in [-0.3, -0.25) is 4.79 Å². The lowest BCUT2D eigenvalue weighted by Gasteiger charge is -2.10. The number of nitrogen functional groups attached to an aromatic ring is 1. The molecule has 2 aromatic carbocycles. The van der Waals surface area contributed by atoms with Crippen molar-refractivity contribution in [1.29, 1.82) is 5.26 Å². The molecule has 2 rings (SSSR count). The fraction of sp³-hybridized carbons (Fsp3) is 0.111. The van der Waals surface area contributed by atoms with Crippen LogP contribution in [0.4, 0.5) is 17.1 Å². The summed E-state index contributed by atoms with van der Waals surface area (Å²) in [6.07, 6.45) is 1.33. The number of anilines is 3. The fourth-order valence-electron chi connectivity index (χ4n) is 2.03. The first-order valence-corrected chi connectivity index (χ1v) is 7.22. The summed E-state index contributed by atoms with van der Waals surface area (Å²) >= 11 is 0. The monoisotopic (exact) mass is 322 g/mol. The summed E-state index contributed by atoms with van der Waals surface area (Å²) in [6, 6.07) is 14.3. The van der Waals surface area contributed by atoms with Gasteiger partial charge < -0.3 is 21.1 Å². The molecule has 0 saturated heterocycles. The number of methoxy groups -OCH3 is 1. The Bertz CT molecular complexity index is 822. The average Bonchev–Trinajstić information content (AvgIpc) is 2.58. The van der Waals surface area contributed by atoms with Crippen molar-refractivity contribution in [2.24, 2.45) is 0 Å². The van der Waals surface area contributed by atoms with Crippen molar-refractivity contribution in [2.75, 3.05) is 23.5 Å². The number of benzene rings is 2. The molecule has 0 bridgehead atoms. The molecule has 6 heteroatoms. The number of nitrogens with two attached hydrogens (primary N) is 1. The van der Waals surface area contributed by atoms with Gasteiger partial charge in [0.1, 0.15) is 17.4 Å². The van der Waals surface area contributed by atoms with E-state index in [0.29, 0.717) is 22.8 Å². The van der Waals surface area contributed by atoms with E-state index >= 15 is 0 Å². The number of carbonyl (C=O) groups is 1. The number of ether oxygens (including phenoxy) is 1. The van der Waals surface area contributed by atoms with E-state index in [-0.39, 0.29) is 5.57 Å². The van der Waals surface area contributed by atoms with Crippen molar-refractivity contribution in [3.63, 3.8) is 0 Å². The molecule has 0 spiro atoms. The van der Waals surface area contributed by atoms with E-state index in [1.807, 2.05) is 25.1 Å². The number of nitrogens with one attached hydrogen (secondary N) is 2. The number of aryl methyl sites for hydroxylation is 1. The Kier molecular flexibility index (Phi) is 5.42. The number of rotatable bonds is 5. The lowest BCUT2D eigenvalue weighted by atomic mass is 10.2. The van der Waals surface area contributed by atoms with Crippen LogP contribution in [0.25, 0.3) is 0 Å². The van der Waals surface area contributed by atoms with Gasteiger partial charge in [0, 0.05) is 6.20 Å². The Morgan fingerprint density at radius 2 is 2.00 bits per heavy atom. The van der Waals surface area contributed by atoms with Gasteiger partial charge in [0.15, 0.2) is 0 Å². The van der Waals surface area contributed by atoms with Gasteiger partial charge in [-0.15, -0.1) is 0 Å². The summed E-state index contributed by atoms with van der Waals surface area (Å²) in [5.74, 6) is -0.0280. The summed E-state index contributed by atoms with van der Waals surface area (Å²) in [4.78, 5) is 12.3. The van der Waals surface area contributed by atoms with Crippen LogP contribution in [0, 0.1) is 18.3 Å². The molecule has 0 radical (unpaired) electrons. The highest BCUT2D eigenvalue weighted by molar-refractivity contribution is 6.07. The maximum absolute atomic E-state index is 12.3. The van der Waals surface area contributed by atoms with Crippen LogP contribution in [0.15, 0.2) is 54.2 Å². The number of amides is 1. The summed E-state index contributed by atoms with van der Waals surface area (Å²) in [5.41, 5.74) is 8.44. The van der Waals surface area contributed by atoms with Crippen molar-refractivity contribution in [3.05, 3.63) is 59.8 Å². The van der Waals surface area contributed by atoms with Gasteiger partial charge >= 0.3 is 0 Å². The van der Waals surface area contributed by atoms with Crippen molar-refractivity contribution >= 4 is 23.0 Å². The van der Waals surface area contributed by atoms with Gasteiger partial charge in [-0.05, 0) is 36.8 Å². The molecular formula is C18H18N4O2. The van der Waals surface area contributed by atoms with Gasteiger partial charge in [-0.1, -0.05) is 18.2 Å². The standard InChI is InChI=1S/C18H18N4O2/c1-12-7-8-14(20)16(9-12)21-11-13(10-19)18(23)22-15-5-3-4-6-17(15)24-2/h3-9,11,21H,20H2,1-2H3,(H,22,23)/b13-11-. The average molecular weight is 322 g/mol. The molecular weight excluding hydrogens is 304 g/mol. The normalized spacial score (nSPS) is 10.6. The second-order valence-electron chi connectivity index (χ2n) is 5.06. The zero-order valence-corrected chi connectivity index (χ0v) is 13.5. The number of para-hydroxylation sites is 2. The number of carbonyl (C=O) groups excluding carboxylic acids is 1. The zero-order valence-electron chi connectivity index (χ0n) is 13.5. The summed E-state index contributed by atoms with van der Waals surface area (Å²) in [6.45, 7) is 1.92. The van der Waals surface area contributed by atoms with Gasteiger partial charge in [0.05, 0.1) is 24.2 Å². The third-order valence-electron chi connectivity index (χ3n) is 3.30. The van der Waals surface area contributed by atoms with Crippen LogP contribution >= 0.6 is 0 Å². The Hall–Kier alpha value is -3.46. The van der Waals surface area contributed by atoms with E-state index in [1.165, 1.54) is 13.3 Å². The van der Waals surface area contributed by atoms with Crippen LogP contribution in [-0.4, -0.2) is 13.0 Å². The second-order valence-corrected chi connectivity index (χ2v) is 5.06. The van der Waals surface area contributed by atoms with Crippen LogP contribution in [0.2, 0.25) is 0 Å².